The molecule has 3 heterocycles. The molecule has 0 unspecified atom stereocenters. The highest BCUT2D eigenvalue weighted by Gasteiger charge is 2.24. The normalized spacial score (nSPS) is 14.3. The van der Waals surface area contributed by atoms with Crippen molar-refractivity contribution in [3.63, 3.8) is 0 Å². The molecule has 1 aliphatic rings. The minimum Gasteiger partial charge on any atom is -0.331 e. The standard InChI is InChI=1S/C22H24Cl2N6O/c1-3-30-12-15(10-26-30)8-21-25-11-17-6-7-29(13-20(17)28-21)22(31)27-14(2)16-4-5-18(23)19(24)9-16/h4-5,9-12,14H,3,6-8,13H2,1-2H3,(H,27,31)/t14-/m1/s1. The molecule has 3 aromatic rings. The molecule has 7 nitrogen and oxygen atoms in total. The van der Waals surface area contributed by atoms with Crippen molar-refractivity contribution in [3.05, 3.63) is 75.0 Å². The number of nitrogens with one attached hydrogen (secondary N) is 1. The highest BCUT2D eigenvalue weighted by molar-refractivity contribution is 6.42. The number of carbonyl (C=O) groups excluding carboxylic acids is 1. The zero-order valence-corrected chi connectivity index (χ0v) is 19.0. The first-order valence-corrected chi connectivity index (χ1v) is 11.0. The average Bonchev–Trinajstić information content (AvgIpc) is 3.22. The summed E-state index contributed by atoms with van der Waals surface area (Å²) in [5.74, 6) is 0.737. The summed E-state index contributed by atoms with van der Waals surface area (Å²) in [6.45, 7) is 5.88. The molecule has 31 heavy (non-hydrogen) atoms. The summed E-state index contributed by atoms with van der Waals surface area (Å²) in [7, 11) is 0. The van der Waals surface area contributed by atoms with E-state index in [-0.39, 0.29) is 12.1 Å². The van der Waals surface area contributed by atoms with E-state index in [0.29, 0.717) is 29.6 Å². The number of carbonyl (C=O) groups is 1. The van der Waals surface area contributed by atoms with Gasteiger partial charge in [-0.15, -0.1) is 0 Å². The minimum atomic E-state index is -0.195. The van der Waals surface area contributed by atoms with Crippen LogP contribution >= 0.6 is 23.2 Å². The minimum absolute atomic E-state index is 0.131. The van der Waals surface area contributed by atoms with Gasteiger partial charge in [0.2, 0.25) is 0 Å². The average molecular weight is 459 g/mol. The number of nitrogens with zero attached hydrogens (tertiary/aromatic N) is 5. The first kappa shape index (κ1) is 21.6. The van der Waals surface area contributed by atoms with E-state index in [2.05, 4.69) is 15.4 Å². The van der Waals surface area contributed by atoms with E-state index in [1.807, 2.05) is 43.2 Å². The maximum absolute atomic E-state index is 12.9. The summed E-state index contributed by atoms with van der Waals surface area (Å²) in [4.78, 5) is 23.9. The molecule has 0 saturated heterocycles. The fourth-order valence-electron chi connectivity index (χ4n) is 3.60. The Labute approximate surface area is 191 Å². The molecular weight excluding hydrogens is 435 g/mol. The van der Waals surface area contributed by atoms with E-state index >= 15 is 0 Å². The molecule has 0 fully saturated rings. The van der Waals surface area contributed by atoms with Gasteiger partial charge in [0.25, 0.3) is 0 Å². The van der Waals surface area contributed by atoms with Crippen LogP contribution in [0.2, 0.25) is 10.0 Å². The highest BCUT2D eigenvalue weighted by Crippen LogP contribution is 2.26. The molecule has 2 amide bonds. The van der Waals surface area contributed by atoms with Crippen LogP contribution in [0.1, 0.15) is 48.1 Å². The number of urea groups is 1. The van der Waals surface area contributed by atoms with Gasteiger partial charge in [-0.05, 0) is 49.1 Å². The van der Waals surface area contributed by atoms with Gasteiger partial charge >= 0.3 is 6.03 Å². The summed E-state index contributed by atoms with van der Waals surface area (Å²) < 4.78 is 1.88. The van der Waals surface area contributed by atoms with Crippen LogP contribution in [0.3, 0.4) is 0 Å². The predicted octanol–water partition coefficient (Wildman–Crippen LogP) is 4.42. The Balaban J connectivity index is 1.42. The second-order valence-corrected chi connectivity index (χ2v) is 8.47. The lowest BCUT2D eigenvalue weighted by atomic mass is 10.1. The number of hydrogen-bond acceptors (Lipinski definition) is 4. The van der Waals surface area contributed by atoms with Gasteiger partial charge in [0, 0.05) is 31.9 Å². The number of benzene rings is 1. The maximum atomic E-state index is 12.9. The molecule has 1 aliphatic heterocycles. The summed E-state index contributed by atoms with van der Waals surface area (Å²) in [6.07, 6.45) is 7.09. The number of rotatable bonds is 5. The lowest BCUT2D eigenvalue weighted by Crippen LogP contribution is -2.44. The van der Waals surface area contributed by atoms with Crippen molar-refractivity contribution in [2.24, 2.45) is 0 Å². The van der Waals surface area contributed by atoms with Crippen LogP contribution in [0, 0.1) is 0 Å². The van der Waals surface area contributed by atoms with E-state index in [1.165, 1.54) is 0 Å². The van der Waals surface area contributed by atoms with E-state index in [0.717, 1.165) is 41.2 Å². The largest absolute Gasteiger partial charge is 0.331 e. The van der Waals surface area contributed by atoms with Crippen LogP contribution in [0.15, 0.2) is 36.8 Å². The van der Waals surface area contributed by atoms with Gasteiger partial charge in [0.1, 0.15) is 5.82 Å². The smallest absolute Gasteiger partial charge is 0.318 e. The highest BCUT2D eigenvalue weighted by atomic mass is 35.5. The summed E-state index contributed by atoms with van der Waals surface area (Å²) in [6, 6.07) is 5.06. The van der Waals surface area contributed by atoms with Crippen molar-refractivity contribution in [2.75, 3.05) is 6.54 Å². The van der Waals surface area contributed by atoms with E-state index in [1.54, 1.807) is 17.0 Å². The van der Waals surface area contributed by atoms with Crippen LogP contribution in [-0.2, 0) is 25.9 Å². The molecule has 1 atom stereocenters. The van der Waals surface area contributed by atoms with Crippen molar-refractivity contribution in [3.8, 4) is 0 Å². The van der Waals surface area contributed by atoms with Gasteiger partial charge in [-0.2, -0.15) is 5.10 Å². The molecule has 1 aromatic carbocycles. The fourth-order valence-corrected chi connectivity index (χ4v) is 3.90. The SMILES string of the molecule is CCn1cc(Cc2ncc3c(n2)CN(C(=O)N[C@H](C)c2ccc(Cl)c(Cl)c2)CC3)cn1. The van der Waals surface area contributed by atoms with Crippen molar-refractivity contribution in [1.29, 1.82) is 0 Å². The predicted molar refractivity (Wildman–Crippen MR) is 120 cm³/mol. The third-order valence-corrected chi connectivity index (χ3v) is 6.18. The van der Waals surface area contributed by atoms with Gasteiger partial charge in [0.05, 0.1) is 34.5 Å². The molecular formula is C22H24Cl2N6O. The molecule has 2 aromatic heterocycles. The van der Waals surface area contributed by atoms with Crippen LogP contribution in [0.4, 0.5) is 4.79 Å². The Bertz CT molecular complexity index is 1100. The summed E-state index contributed by atoms with van der Waals surface area (Å²) >= 11 is 12.1. The number of halogens is 2. The Morgan fingerprint density at radius 1 is 1.26 bits per heavy atom. The molecule has 0 bridgehead atoms. The second kappa shape index (κ2) is 9.24. The van der Waals surface area contributed by atoms with Crippen LogP contribution in [0.5, 0.6) is 0 Å². The number of amides is 2. The van der Waals surface area contributed by atoms with Crippen LogP contribution < -0.4 is 5.32 Å². The van der Waals surface area contributed by atoms with Gasteiger partial charge in [-0.3, -0.25) is 4.68 Å². The van der Waals surface area contributed by atoms with Crippen LogP contribution in [-0.4, -0.2) is 37.2 Å². The Hall–Kier alpha value is -2.64. The number of aryl methyl sites for hydroxylation is 1. The summed E-state index contributed by atoms with van der Waals surface area (Å²) in [5, 5.41) is 8.31. The number of aromatic nitrogens is 4. The fraction of sp³-hybridized carbons (Fsp3) is 0.364. The quantitative estimate of drug-likeness (QED) is 0.613. The van der Waals surface area contributed by atoms with Crippen LogP contribution in [0.25, 0.3) is 0 Å². The van der Waals surface area contributed by atoms with Crippen molar-refractivity contribution >= 4 is 29.2 Å². The third kappa shape index (κ3) is 4.99. The molecule has 0 spiro atoms. The lowest BCUT2D eigenvalue weighted by molar-refractivity contribution is 0.188. The third-order valence-electron chi connectivity index (χ3n) is 5.44. The molecule has 0 aliphatic carbocycles. The molecule has 0 saturated carbocycles. The topological polar surface area (TPSA) is 75.9 Å². The summed E-state index contributed by atoms with van der Waals surface area (Å²) in [5.41, 5.74) is 3.96. The first-order chi connectivity index (χ1) is 14.9. The van der Waals surface area contributed by atoms with E-state index < -0.39 is 0 Å². The van der Waals surface area contributed by atoms with E-state index in [4.69, 9.17) is 28.2 Å². The van der Waals surface area contributed by atoms with Gasteiger partial charge in [-0.25, -0.2) is 14.8 Å². The Morgan fingerprint density at radius 3 is 2.84 bits per heavy atom. The van der Waals surface area contributed by atoms with Crippen molar-refractivity contribution in [1.82, 2.24) is 30.0 Å². The maximum Gasteiger partial charge on any atom is 0.318 e. The van der Waals surface area contributed by atoms with Gasteiger partial charge < -0.3 is 10.2 Å². The zero-order chi connectivity index (χ0) is 22.0. The van der Waals surface area contributed by atoms with Gasteiger partial charge in [0.15, 0.2) is 0 Å². The second-order valence-electron chi connectivity index (χ2n) is 7.66. The molecule has 1 N–H and O–H groups in total. The zero-order valence-electron chi connectivity index (χ0n) is 17.5. The molecule has 9 heteroatoms. The van der Waals surface area contributed by atoms with Gasteiger partial charge in [-0.1, -0.05) is 29.3 Å². The molecule has 0 radical (unpaired) electrons. The van der Waals surface area contributed by atoms with Crippen molar-refractivity contribution < 1.29 is 4.79 Å². The lowest BCUT2D eigenvalue weighted by Gasteiger charge is -2.29. The Kier molecular flexibility index (Phi) is 6.43. The molecule has 162 valence electrons. The number of hydrogen-bond donors (Lipinski definition) is 1. The van der Waals surface area contributed by atoms with Crippen molar-refractivity contribution in [2.45, 2.75) is 45.8 Å². The molecule has 4 rings (SSSR count). The Morgan fingerprint density at radius 2 is 2.10 bits per heavy atom. The van der Waals surface area contributed by atoms with E-state index in [9.17, 15) is 4.79 Å². The number of fused-ring (bicyclic) bond motifs is 1. The monoisotopic (exact) mass is 458 g/mol. The first-order valence-electron chi connectivity index (χ1n) is 10.3.